The molecule has 0 saturated heterocycles. The second-order valence-corrected chi connectivity index (χ2v) is 6.13. The van der Waals surface area contributed by atoms with Crippen LogP contribution in [0.2, 0.25) is 10.0 Å². The number of hydrogen-bond donors (Lipinski definition) is 0. The summed E-state index contributed by atoms with van der Waals surface area (Å²) in [6, 6.07) is 14.1. The molecule has 0 saturated carbocycles. The van der Waals surface area contributed by atoms with Crippen molar-refractivity contribution in [3.8, 4) is 0 Å². The molecule has 2 aromatic carbocycles. The number of rotatable bonds is 3. The molecule has 0 nitrogen and oxygen atoms in total. The van der Waals surface area contributed by atoms with E-state index in [0.29, 0.717) is 10.0 Å². The number of aryl methyl sites for hydroxylation is 1. The molecule has 0 heterocycles. The lowest BCUT2D eigenvalue weighted by molar-refractivity contribution is 0.939. The summed E-state index contributed by atoms with van der Waals surface area (Å²) in [6.45, 7) is 2.12. The lowest BCUT2D eigenvalue weighted by atomic mass is 10.0. The Labute approximate surface area is 126 Å². The molecule has 0 spiro atoms. The fourth-order valence-electron chi connectivity index (χ4n) is 1.90. The Bertz CT molecular complexity index is 552. The first-order chi connectivity index (χ1) is 8.59. The molecule has 18 heavy (non-hydrogen) atoms. The third-order valence-electron chi connectivity index (χ3n) is 2.98. The van der Waals surface area contributed by atoms with Gasteiger partial charge in [-0.25, -0.2) is 0 Å². The fourth-order valence-corrected chi connectivity index (χ4v) is 3.21. The highest BCUT2D eigenvalue weighted by atomic mass is 79.9. The maximum atomic E-state index is 6.23. The topological polar surface area (TPSA) is 0 Å². The van der Waals surface area contributed by atoms with E-state index in [0.717, 1.165) is 12.0 Å². The fraction of sp³-hybridized carbons (Fsp3) is 0.200. The molecule has 2 rings (SSSR count). The summed E-state index contributed by atoms with van der Waals surface area (Å²) < 4.78 is 0. The predicted octanol–water partition coefficient (Wildman–Crippen LogP) is 5.98. The Kier molecular flexibility index (Phi) is 4.71. The van der Waals surface area contributed by atoms with Crippen LogP contribution in [0.25, 0.3) is 0 Å². The molecular formula is C15H13BrCl2. The maximum absolute atomic E-state index is 6.23. The van der Waals surface area contributed by atoms with Crippen molar-refractivity contribution in [2.24, 2.45) is 0 Å². The van der Waals surface area contributed by atoms with Crippen LogP contribution in [-0.2, 0) is 6.42 Å². The van der Waals surface area contributed by atoms with Crippen LogP contribution in [0.1, 0.15) is 21.5 Å². The molecule has 1 atom stereocenters. The van der Waals surface area contributed by atoms with Gasteiger partial charge in [0.25, 0.3) is 0 Å². The van der Waals surface area contributed by atoms with E-state index >= 15 is 0 Å². The molecule has 2 aromatic rings. The van der Waals surface area contributed by atoms with Crippen LogP contribution in [0, 0.1) is 6.92 Å². The monoisotopic (exact) mass is 342 g/mol. The number of halogens is 3. The van der Waals surface area contributed by atoms with Crippen molar-refractivity contribution >= 4 is 39.1 Å². The van der Waals surface area contributed by atoms with Gasteiger partial charge in [0.15, 0.2) is 0 Å². The zero-order chi connectivity index (χ0) is 13.1. The molecule has 0 aliphatic heterocycles. The van der Waals surface area contributed by atoms with E-state index in [4.69, 9.17) is 23.2 Å². The minimum absolute atomic E-state index is 0.171. The first-order valence-electron chi connectivity index (χ1n) is 5.72. The van der Waals surface area contributed by atoms with Crippen molar-refractivity contribution in [3.63, 3.8) is 0 Å². The normalized spacial score (nSPS) is 12.4. The summed E-state index contributed by atoms with van der Waals surface area (Å²) in [5.74, 6) is 0. The minimum atomic E-state index is 0.171. The van der Waals surface area contributed by atoms with Gasteiger partial charge in [0.05, 0.1) is 10.0 Å². The molecule has 3 heteroatoms. The van der Waals surface area contributed by atoms with Gasteiger partial charge in [0, 0.05) is 4.83 Å². The molecule has 1 unspecified atom stereocenters. The van der Waals surface area contributed by atoms with E-state index in [9.17, 15) is 0 Å². The minimum Gasteiger partial charge on any atom is -0.0835 e. The van der Waals surface area contributed by atoms with Crippen LogP contribution < -0.4 is 0 Å². The number of hydrogen-bond acceptors (Lipinski definition) is 0. The van der Waals surface area contributed by atoms with Gasteiger partial charge in [0.2, 0.25) is 0 Å². The Morgan fingerprint density at radius 3 is 2.50 bits per heavy atom. The van der Waals surface area contributed by atoms with Crippen LogP contribution in [-0.4, -0.2) is 0 Å². The zero-order valence-corrected chi connectivity index (χ0v) is 13.1. The van der Waals surface area contributed by atoms with Crippen molar-refractivity contribution in [2.75, 3.05) is 0 Å². The molecule has 0 aliphatic carbocycles. The highest BCUT2D eigenvalue weighted by Gasteiger charge is 2.14. The molecule has 94 valence electrons. The molecule has 0 aromatic heterocycles. The summed E-state index contributed by atoms with van der Waals surface area (Å²) >= 11 is 16.0. The summed E-state index contributed by atoms with van der Waals surface area (Å²) in [7, 11) is 0. The molecule has 0 bridgehead atoms. The van der Waals surface area contributed by atoms with Gasteiger partial charge in [-0.1, -0.05) is 75.5 Å². The van der Waals surface area contributed by atoms with Gasteiger partial charge in [-0.15, -0.1) is 0 Å². The second kappa shape index (κ2) is 6.10. The lowest BCUT2D eigenvalue weighted by Crippen LogP contribution is -1.98. The van der Waals surface area contributed by atoms with E-state index < -0.39 is 0 Å². The highest BCUT2D eigenvalue weighted by molar-refractivity contribution is 9.09. The predicted molar refractivity (Wildman–Crippen MR) is 83.0 cm³/mol. The summed E-state index contributed by atoms with van der Waals surface area (Å²) in [5.41, 5.74) is 3.64. The van der Waals surface area contributed by atoms with Crippen LogP contribution >= 0.6 is 39.1 Å². The Morgan fingerprint density at radius 2 is 1.78 bits per heavy atom. The third kappa shape index (κ3) is 3.09. The number of benzene rings is 2. The Hall–Kier alpha value is -0.500. The van der Waals surface area contributed by atoms with Crippen molar-refractivity contribution in [1.82, 2.24) is 0 Å². The van der Waals surface area contributed by atoms with E-state index in [1.165, 1.54) is 11.1 Å². The van der Waals surface area contributed by atoms with Crippen molar-refractivity contribution in [1.29, 1.82) is 0 Å². The molecule has 0 fully saturated rings. The maximum Gasteiger partial charge on any atom is 0.0635 e. The third-order valence-corrected chi connectivity index (χ3v) is 4.63. The van der Waals surface area contributed by atoms with Gasteiger partial charge < -0.3 is 0 Å². The smallest absolute Gasteiger partial charge is 0.0635 e. The highest BCUT2D eigenvalue weighted by Crippen LogP contribution is 2.36. The summed E-state index contributed by atoms with van der Waals surface area (Å²) in [4.78, 5) is 0.171. The first-order valence-corrected chi connectivity index (χ1v) is 7.39. The van der Waals surface area contributed by atoms with Crippen molar-refractivity contribution < 1.29 is 0 Å². The van der Waals surface area contributed by atoms with Crippen LogP contribution in [0.5, 0.6) is 0 Å². The molecule has 0 radical (unpaired) electrons. The van der Waals surface area contributed by atoms with Gasteiger partial charge in [-0.05, 0) is 36.1 Å². The summed E-state index contributed by atoms with van der Waals surface area (Å²) in [6.07, 6.45) is 0.896. The molecule has 0 N–H and O–H groups in total. The second-order valence-electron chi connectivity index (χ2n) is 4.24. The van der Waals surface area contributed by atoms with E-state index in [2.05, 4.69) is 47.1 Å². The zero-order valence-electron chi connectivity index (χ0n) is 9.96. The van der Waals surface area contributed by atoms with E-state index in [1.807, 2.05) is 12.1 Å². The molecule has 0 amide bonds. The van der Waals surface area contributed by atoms with Gasteiger partial charge in [-0.2, -0.15) is 0 Å². The lowest BCUT2D eigenvalue weighted by Gasteiger charge is -2.14. The first kappa shape index (κ1) is 13.9. The SMILES string of the molecule is Cc1ccccc1CC(Br)c1cccc(Cl)c1Cl. The van der Waals surface area contributed by atoms with E-state index in [-0.39, 0.29) is 4.83 Å². The van der Waals surface area contributed by atoms with Crippen LogP contribution in [0.4, 0.5) is 0 Å². The van der Waals surface area contributed by atoms with Gasteiger partial charge >= 0.3 is 0 Å². The van der Waals surface area contributed by atoms with Crippen molar-refractivity contribution in [3.05, 3.63) is 69.2 Å². The average molecular weight is 344 g/mol. The van der Waals surface area contributed by atoms with Gasteiger partial charge in [0.1, 0.15) is 0 Å². The van der Waals surface area contributed by atoms with Gasteiger partial charge in [-0.3, -0.25) is 0 Å². The molecule has 0 aliphatic rings. The average Bonchev–Trinajstić information content (AvgIpc) is 2.35. The van der Waals surface area contributed by atoms with Crippen LogP contribution in [0.3, 0.4) is 0 Å². The quantitative estimate of drug-likeness (QED) is 0.601. The van der Waals surface area contributed by atoms with Crippen molar-refractivity contribution in [2.45, 2.75) is 18.2 Å². The number of alkyl halides is 1. The largest absolute Gasteiger partial charge is 0.0835 e. The molecular weight excluding hydrogens is 331 g/mol. The Balaban J connectivity index is 2.25. The van der Waals surface area contributed by atoms with E-state index in [1.54, 1.807) is 6.07 Å². The summed E-state index contributed by atoms with van der Waals surface area (Å²) in [5, 5.41) is 1.23. The van der Waals surface area contributed by atoms with Crippen LogP contribution in [0.15, 0.2) is 42.5 Å². The standard InChI is InChI=1S/C15H13BrCl2/c1-10-5-2-3-6-11(10)9-13(16)12-7-4-8-14(17)15(12)18/h2-8,13H,9H2,1H3. The Morgan fingerprint density at radius 1 is 1.06 bits per heavy atom.